The lowest BCUT2D eigenvalue weighted by molar-refractivity contribution is 0.149. The van der Waals surface area contributed by atoms with E-state index in [1.54, 1.807) is 12.3 Å². The van der Waals surface area contributed by atoms with E-state index in [9.17, 15) is 5.11 Å². The average Bonchev–Trinajstić information content (AvgIpc) is 2.45. The molecule has 112 valence electrons. The number of hydrogen-bond donors (Lipinski definition) is 2. The highest BCUT2D eigenvalue weighted by Crippen LogP contribution is 2.34. The van der Waals surface area contributed by atoms with Crippen molar-refractivity contribution in [2.24, 2.45) is 5.92 Å². The van der Waals surface area contributed by atoms with Gasteiger partial charge in [-0.2, -0.15) is 4.98 Å². The number of anilines is 1. The van der Waals surface area contributed by atoms with E-state index in [-0.39, 0.29) is 12.1 Å². The molecule has 0 aromatic carbocycles. The van der Waals surface area contributed by atoms with Crippen LogP contribution in [0, 0.1) is 5.92 Å². The Morgan fingerprint density at radius 3 is 3.10 bits per heavy atom. The minimum atomic E-state index is -0.291. The van der Waals surface area contributed by atoms with Gasteiger partial charge in [0.2, 0.25) is 11.8 Å². The van der Waals surface area contributed by atoms with Gasteiger partial charge in [-0.15, -0.1) is 0 Å². The number of rotatable bonds is 6. The van der Waals surface area contributed by atoms with Crippen LogP contribution in [0.25, 0.3) is 0 Å². The van der Waals surface area contributed by atoms with Crippen LogP contribution < -0.4 is 10.1 Å². The highest BCUT2D eigenvalue weighted by Gasteiger charge is 2.35. The second kappa shape index (κ2) is 6.88. The fourth-order valence-electron chi connectivity index (χ4n) is 2.88. The molecule has 1 aromatic heterocycles. The summed E-state index contributed by atoms with van der Waals surface area (Å²) in [6.07, 6.45) is 6.90. The number of nitrogens with zero attached hydrogens (tertiary/aromatic N) is 2. The standard InChI is InChI=1S/C15H25N3O2/c1-3-9-20-13-6-8-16-14(17-13)18-15(11-19)7-4-5-12(2)10-15/h6,8,12,19H,3-5,7,9-11H2,1-2H3,(H,16,17,18). The van der Waals surface area contributed by atoms with Gasteiger partial charge in [-0.1, -0.05) is 26.7 Å². The molecule has 1 aliphatic rings. The van der Waals surface area contributed by atoms with E-state index in [2.05, 4.69) is 29.1 Å². The third-order valence-corrected chi connectivity index (χ3v) is 3.86. The Kier molecular flexibility index (Phi) is 5.17. The number of aliphatic hydroxyl groups excluding tert-OH is 1. The molecule has 2 atom stereocenters. The molecule has 2 unspecified atom stereocenters. The van der Waals surface area contributed by atoms with Crippen LogP contribution in [0.4, 0.5) is 5.95 Å². The molecule has 5 heteroatoms. The Morgan fingerprint density at radius 2 is 2.40 bits per heavy atom. The predicted molar refractivity (Wildman–Crippen MR) is 78.9 cm³/mol. The first-order valence-electron chi connectivity index (χ1n) is 7.52. The number of ether oxygens (including phenoxy) is 1. The van der Waals surface area contributed by atoms with Crippen LogP contribution in [0.5, 0.6) is 5.88 Å². The van der Waals surface area contributed by atoms with Crippen molar-refractivity contribution in [1.82, 2.24) is 9.97 Å². The fourth-order valence-corrected chi connectivity index (χ4v) is 2.88. The summed E-state index contributed by atoms with van der Waals surface area (Å²) in [6, 6.07) is 1.76. The number of aromatic nitrogens is 2. The van der Waals surface area contributed by atoms with E-state index in [0.29, 0.717) is 24.4 Å². The van der Waals surface area contributed by atoms with E-state index >= 15 is 0 Å². The zero-order valence-electron chi connectivity index (χ0n) is 12.4. The van der Waals surface area contributed by atoms with Gasteiger partial charge in [0.15, 0.2) is 0 Å². The summed E-state index contributed by atoms with van der Waals surface area (Å²) in [4.78, 5) is 8.61. The zero-order valence-corrected chi connectivity index (χ0v) is 12.4. The number of nitrogens with one attached hydrogen (secondary N) is 1. The molecule has 0 aliphatic heterocycles. The van der Waals surface area contributed by atoms with Crippen LogP contribution in [-0.4, -0.2) is 33.8 Å². The molecule has 2 rings (SSSR count). The molecule has 1 fully saturated rings. The maximum Gasteiger partial charge on any atom is 0.226 e. The normalized spacial score (nSPS) is 26.2. The predicted octanol–water partition coefficient (Wildman–Crippen LogP) is 2.62. The van der Waals surface area contributed by atoms with Crippen molar-refractivity contribution in [2.45, 2.75) is 51.5 Å². The molecule has 5 nitrogen and oxygen atoms in total. The maximum atomic E-state index is 9.78. The van der Waals surface area contributed by atoms with Crippen LogP contribution >= 0.6 is 0 Å². The second-order valence-electron chi connectivity index (χ2n) is 5.83. The first-order chi connectivity index (χ1) is 9.67. The molecule has 1 saturated carbocycles. The lowest BCUT2D eigenvalue weighted by atomic mass is 9.77. The third-order valence-electron chi connectivity index (χ3n) is 3.86. The van der Waals surface area contributed by atoms with Gasteiger partial charge in [-0.3, -0.25) is 0 Å². The van der Waals surface area contributed by atoms with Crippen molar-refractivity contribution in [3.05, 3.63) is 12.3 Å². The van der Waals surface area contributed by atoms with Crippen LogP contribution in [0.3, 0.4) is 0 Å². The molecule has 1 aliphatic carbocycles. The number of hydrogen-bond acceptors (Lipinski definition) is 5. The first kappa shape index (κ1) is 15.0. The molecule has 0 saturated heterocycles. The highest BCUT2D eigenvalue weighted by atomic mass is 16.5. The van der Waals surface area contributed by atoms with E-state index in [1.165, 1.54) is 6.42 Å². The topological polar surface area (TPSA) is 67.3 Å². The SMILES string of the molecule is CCCOc1ccnc(NC2(CO)CCCC(C)C2)n1. The lowest BCUT2D eigenvalue weighted by Gasteiger charge is -2.39. The summed E-state index contributed by atoms with van der Waals surface area (Å²) >= 11 is 0. The smallest absolute Gasteiger partial charge is 0.226 e. The van der Waals surface area contributed by atoms with Gasteiger partial charge in [0.05, 0.1) is 18.8 Å². The van der Waals surface area contributed by atoms with Crippen molar-refractivity contribution in [1.29, 1.82) is 0 Å². The summed E-state index contributed by atoms with van der Waals surface area (Å²) in [5.74, 6) is 1.74. The number of aliphatic hydroxyl groups is 1. The molecule has 0 spiro atoms. The van der Waals surface area contributed by atoms with Gasteiger partial charge in [0.1, 0.15) is 0 Å². The molecule has 1 heterocycles. The molecular weight excluding hydrogens is 254 g/mol. The van der Waals surface area contributed by atoms with Crippen LogP contribution in [0.15, 0.2) is 12.3 Å². The first-order valence-corrected chi connectivity index (χ1v) is 7.52. The van der Waals surface area contributed by atoms with Crippen molar-refractivity contribution >= 4 is 5.95 Å². The Hall–Kier alpha value is -1.36. The van der Waals surface area contributed by atoms with Gasteiger partial charge < -0.3 is 15.2 Å². The van der Waals surface area contributed by atoms with Crippen molar-refractivity contribution < 1.29 is 9.84 Å². The van der Waals surface area contributed by atoms with Gasteiger partial charge in [-0.05, 0) is 25.2 Å². The van der Waals surface area contributed by atoms with Gasteiger partial charge in [-0.25, -0.2) is 4.98 Å². The van der Waals surface area contributed by atoms with E-state index in [1.807, 2.05) is 0 Å². The molecule has 2 N–H and O–H groups in total. The van der Waals surface area contributed by atoms with Crippen LogP contribution in [-0.2, 0) is 0 Å². The quantitative estimate of drug-likeness (QED) is 0.838. The van der Waals surface area contributed by atoms with E-state index in [0.717, 1.165) is 25.7 Å². The molecule has 1 aromatic rings. The van der Waals surface area contributed by atoms with E-state index < -0.39 is 0 Å². The summed E-state index contributed by atoms with van der Waals surface area (Å²) in [6.45, 7) is 5.05. The highest BCUT2D eigenvalue weighted by molar-refractivity contribution is 5.32. The molecule has 0 amide bonds. The van der Waals surface area contributed by atoms with Gasteiger partial charge >= 0.3 is 0 Å². The molecule has 20 heavy (non-hydrogen) atoms. The minimum Gasteiger partial charge on any atom is -0.478 e. The monoisotopic (exact) mass is 279 g/mol. The van der Waals surface area contributed by atoms with Crippen molar-refractivity contribution in [3.8, 4) is 5.88 Å². The Labute approximate surface area is 120 Å². The van der Waals surface area contributed by atoms with Crippen molar-refractivity contribution in [3.63, 3.8) is 0 Å². The zero-order chi connectivity index (χ0) is 14.4. The summed E-state index contributed by atoms with van der Waals surface area (Å²) in [5, 5.41) is 13.1. The largest absolute Gasteiger partial charge is 0.478 e. The van der Waals surface area contributed by atoms with Crippen LogP contribution in [0.1, 0.15) is 46.0 Å². The molecule has 0 radical (unpaired) electrons. The van der Waals surface area contributed by atoms with E-state index in [4.69, 9.17) is 4.74 Å². The van der Waals surface area contributed by atoms with Crippen LogP contribution in [0.2, 0.25) is 0 Å². The maximum absolute atomic E-state index is 9.78. The summed E-state index contributed by atoms with van der Waals surface area (Å²) in [7, 11) is 0. The third kappa shape index (κ3) is 3.82. The Morgan fingerprint density at radius 1 is 1.55 bits per heavy atom. The minimum absolute atomic E-state index is 0.112. The van der Waals surface area contributed by atoms with Gasteiger partial charge in [0.25, 0.3) is 0 Å². The molecule has 0 bridgehead atoms. The second-order valence-corrected chi connectivity index (χ2v) is 5.83. The Bertz CT molecular complexity index is 427. The summed E-state index contributed by atoms with van der Waals surface area (Å²) < 4.78 is 5.52. The summed E-state index contributed by atoms with van der Waals surface area (Å²) in [5.41, 5.74) is -0.291. The van der Waals surface area contributed by atoms with Gasteiger partial charge in [0, 0.05) is 12.3 Å². The fraction of sp³-hybridized carbons (Fsp3) is 0.733. The Balaban J connectivity index is 2.07. The molecular formula is C15H25N3O2. The average molecular weight is 279 g/mol. The lowest BCUT2D eigenvalue weighted by Crippen LogP contribution is -2.46. The van der Waals surface area contributed by atoms with Crippen molar-refractivity contribution in [2.75, 3.05) is 18.5 Å².